The molecule has 0 bridgehead atoms. The Hall–Kier alpha value is -8.72. The van der Waals surface area contributed by atoms with E-state index >= 15 is 0 Å². The van der Waals surface area contributed by atoms with E-state index in [1.807, 2.05) is 0 Å². The summed E-state index contributed by atoms with van der Waals surface area (Å²) in [4.78, 5) is 4.83. The molecule has 2 nitrogen and oxygen atoms in total. The Morgan fingerprint density at radius 2 is 0.623 bits per heavy atom. The summed E-state index contributed by atoms with van der Waals surface area (Å²) in [6.45, 7) is 4.77. The predicted octanol–water partition coefficient (Wildman–Crippen LogP) is 18.8. The normalized spacial score (nSPS) is 12.3. The van der Waals surface area contributed by atoms with Gasteiger partial charge in [-0.1, -0.05) is 202 Å². The highest BCUT2D eigenvalue weighted by molar-refractivity contribution is 5.99. The van der Waals surface area contributed by atoms with Crippen LogP contribution in [0.5, 0.6) is 0 Å². The zero-order valence-corrected chi connectivity index (χ0v) is 38.8. The van der Waals surface area contributed by atoms with Gasteiger partial charge in [0.05, 0.1) is 5.69 Å². The number of para-hydroxylation sites is 1. The van der Waals surface area contributed by atoms with Gasteiger partial charge in [-0.05, 0) is 151 Å². The molecule has 0 fully saturated rings. The average Bonchev–Trinajstić information content (AvgIpc) is 3.64. The van der Waals surface area contributed by atoms with Crippen molar-refractivity contribution >= 4 is 44.9 Å². The van der Waals surface area contributed by atoms with Crippen LogP contribution in [0.4, 0.5) is 34.1 Å². The van der Waals surface area contributed by atoms with Crippen molar-refractivity contribution < 1.29 is 0 Å². The molecule has 0 saturated heterocycles. The number of hydrogen-bond acceptors (Lipinski definition) is 2. The second-order valence-electron chi connectivity index (χ2n) is 18.6. The Labute approximate surface area is 405 Å². The molecule has 0 radical (unpaired) electrons. The van der Waals surface area contributed by atoms with Crippen LogP contribution < -0.4 is 9.80 Å². The lowest BCUT2D eigenvalue weighted by molar-refractivity contribution is 0.660. The van der Waals surface area contributed by atoms with E-state index in [1.54, 1.807) is 0 Å². The van der Waals surface area contributed by atoms with Crippen LogP contribution in [0.3, 0.4) is 0 Å². The quantitative estimate of drug-likeness (QED) is 0.135. The summed E-state index contributed by atoms with van der Waals surface area (Å²) in [5, 5.41) is 2.44. The predicted molar refractivity (Wildman–Crippen MR) is 293 cm³/mol. The molecule has 0 heterocycles. The van der Waals surface area contributed by atoms with Crippen LogP contribution in [0.15, 0.2) is 267 Å². The molecule has 1 aliphatic carbocycles. The second kappa shape index (κ2) is 17.5. The van der Waals surface area contributed by atoms with Gasteiger partial charge < -0.3 is 9.80 Å². The van der Waals surface area contributed by atoms with Gasteiger partial charge in [0, 0.05) is 39.2 Å². The van der Waals surface area contributed by atoms with Crippen molar-refractivity contribution in [3.05, 3.63) is 278 Å². The third-order valence-electron chi connectivity index (χ3n) is 14.0. The van der Waals surface area contributed by atoms with E-state index in [1.165, 1.54) is 77.5 Å². The van der Waals surface area contributed by atoms with Gasteiger partial charge in [-0.3, -0.25) is 0 Å². The molecular weight excluding hydrogens is 833 g/mol. The van der Waals surface area contributed by atoms with Gasteiger partial charge >= 0.3 is 0 Å². The van der Waals surface area contributed by atoms with E-state index in [9.17, 15) is 0 Å². The lowest BCUT2D eigenvalue weighted by Gasteiger charge is -2.29. The van der Waals surface area contributed by atoms with Gasteiger partial charge in [0.25, 0.3) is 0 Å². The molecule has 0 unspecified atom stereocenters. The van der Waals surface area contributed by atoms with Crippen molar-refractivity contribution in [1.82, 2.24) is 0 Å². The first kappa shape index (κ1) is 41.7. The Morgan fingerprint density at radius 3 is 1.13 bits per heavy atom. The van der Waals surface area contributed by atoms with Gasteiger partial charge in [0.15, 0.2) is 0 Å². The van der Waals surface area contributed by atoms with Crippen molar-refractivity contribution in [2.24, 2.45) is 0 Å². The number of rotatable bonds is 10. The highest BCUT2D eigenvalue weighted by Gasteiger charge is 2.37. The molecule has 11 aromatic rings. The zero-order chi connectivity index (χ0) is 46.3. The maximum Gasteiger partial charge on any atom is 0.0540 e. The van der Waals surface area contributed by atoms with Crippen molar-refractivity contribution in [3.63, 3.8) is 0 Å². The number of fused-ring (bicyclic) bond motifs is 4. The number of benzene rings is 11. The van der Waals surface area contributed by atoms with Crippen LogP contribution in [0.2, 0.25) is 0 Å². The molecule has 0 atom stereocenters. The second-order valence-corrected chi connectivity index (χ2v) is 18.6. The van der Waals surface area contributed by atoms with Crippen LogP contribution in [0.1, 0.15) is 25.0 Å². The van der Waals surface area contributed by atoms with Gasteiger partial charge in [-0.25, -0.2) is 0 Å². The summed E-state index contributed by atoms with van der Waals surface area (Å²) < 4.78 is 0. The first-order chi connectivity index (χ1) is 34.0. The molecule has 0 spiro atoms. The molecule has 12 rings (SSSR count). The van der Waals surface area contributed by atoms with E-state index in [2.05, 4.69) is 291 Å². The van der Waals surface area contributed by atoms with Gasteiger partial charge in [0.1, 0.15) is 0 Å². The molecule has 0 aromatic heterocycles. The number of anilines is 6. The van der Waals surface area contributed by atoms with E-state index in [4.69, 9.17) is 0 Å². The number of hydrogen-bond donors (Lipinski definition) is 0. The SMILES string of the molecule is CC1(C)c2cc(N(c3ccc(-c4cccc(-c5ccccc5)c4)cc3)c3ccc(-c4cccc(-c5ccccc5)c4)cc3)ccc2-c2ccc(N(c3ccccc3)c3cccc4ccccc34)cc21. The average molecular weight is 883 g/mol. The maximum atomic E-state index is 2.43. The monoisotopic (exact) mass is 882 g/mol. The van der Waals surface area contributed by atoms with Crippen LogP contribution >= 0.6 is 0 Å². The minimum atomic E-state index is -0.273. The van der Waals surface area contributed by atoms with E-state index < -0.39 is 0 Å². The zero-order valence-electron chi connectivity index (χ0n) is 38.8. The molecule has 328 valence electrons. The molecule has 0 saturated carbocycles. The molecule has 1 aliphatic rings. The Bertz CT molecular complexity index is 3480. The first-order valence-electron chi connectivity index (χ1n) is 23.9. The minimum absolute atomic E-state index is 0.273. The Balaban J connectivity index is 0.936. The summed E-state index contributed by atoms with van der Waals surface area (Å²) in [6, 6.07) is 97.3. The molecule has 2 heteroatoms. The third-order valence-corrected chi connectivity index (χ3v) is 14.0. The summed E-state index contributed by atoms with van der Waals surface area (Å²) >= 11 is 0. The van der Waals surface area contributed by atoms with Crippen molar-refractivity contribution in [1.29, 1.82) is 0 Å². The summed E-state index contributed by atoms with van der Waals surface area (Å²) in [5.41, 5.74) is 21.3. The summed E-state index contributed by atoms with van der Waals surface area (Å²) in [7, 11) is 0. The Kier molecular flexibility index (Phi) is 10.6. The molecule has 69 heavy (non-hydrogen) atoms. The highest BCUT2D eigenvalue weighted by Crippen LogP contribution is 2.53. The third kappa shape index (κ3) is 7.76. The molecule has 0 amide bonds. The van der Waals surface area contributed by atoms with Crippen LogP contribution in [0, 0.1) is 0 Å². The fourth-order valence-electron chi connectivity index (χ4n) is 10.5. The van der Waals surface area contributed by atoms with E-state index in [0.29, 0.717) is 0 Å². The fraction of sp³-hybridized carbons (Fsp3) is 0.0448. The first-order valence-corrected chi connectivity index (χ1v) is 23.9. The molecule has 11 aromatic carbocycles. The minimum Gasteiger partial charge on any atom is -0.310 e. The van der Waals surface area contributed by atoms with Gasteiger partial charge in [-0.15, -0.1) is 0 Å². The lowest BCUT2D eigenvalue weighted by atomic mass is 9.82. The van der Waals surface area contributed by atoms with E-state index in [0.717, 1.165) is 34.1 Å². The van der Waals surface area contributed by atoms with Crippen molar-refractivity contribution in [2.45, 2.75) is 19.3 Å². The van der Waals surface area contributed by atoms with Crippen LogP contribution in [-0.2, 0) is 5.41 Å². The molecular formula is C67H50N2. The molecule has 0 N–H and O–H groups in total. The standard InChI is InChI=1S/C67H50N2/c1-67(2)64-45-59(39-41-62(64)63-42-40-60(46-65(63)67)69(56-27-10-5-11-28-56)66-30-16-22-51-21-12-13-29-61(51)66)68(57-35-31-49(32-36-57)54-25-14-23-52(43-54)47-17-6-3-7-18-47)58-37-33-50(34-38-58)55-26-15-24-53(44-55)48-19-8-4-9-20-48/h3-46H,1-2H3. The largest absolute Gasteiger partial charge is 0.310 e. The van der Waals surface area contributed by atoms with Crippen LogP contribution in [0.25, 0.3) is 66.4 Å². The van der Waals surface area contributed by atoms with Gasteiger partial charge in [-0.2, -0.15) is 0 Å². The van der Waals surface area contributed by atoms with Crippen molar-refractivity contribution in [2.75, 3.05) is 9.80 Å². The maximum absolute atomic E-state index is 2.43. The lowest BCUT2D eigenvalue weighted by Crippen LogP contribution is -2.17. The molecule has 0 aliphatic heterocycles. The highest BCUT2D eigenvalue weighted by atomic mass is 15.1. The summed E-state index contributed by atoms with van der Waals surface area (Å²) in [5.74, 6) is 0. The van der Waals surface area contributed by atoms with Crippen LogP contribution in [-0.4, -0.2) is 0 Å². The smallest absolute Gasteiger partial charge is 0.0540 e. The van der Waals surface area contributed by atoms with Crippen molar-refractivity contribution in [3.8, 4) is 55.6 Å². The fourth-order valence-corrected chi connectivity index (χ4v) is 10.5. The van der Waals surface area contributed by atoms with E-state index in [-0.39, 0.29) is 5.41 Å². The Morgan fingerprint density at radius 1 is 0.261 bits per heavy atom. The number of nitrogens with zero attached hydrogens (tertiary/aromatic N) is 2. The van der Waals surface area contributed by atoms with Gasteiger partial charge in [0.2, 0.25) is 0 Å². The topological polar surface area (TPSA) is 6.48 Å². The summed E-state index contributed by atoms with van der Waals surface area (Å²) in [6.07, 6.45) is 0.